The van der Waals surface area contributed by atoms with Crippen LogP contribution in [0.3, 0.4) is 0 Å². The van der Waals surface area contributed by atoms with E-state index in [1.807, 2.05) is 6.92 Å². The summed E-state index contributed by atoms with van der Waals surface area (Å²) in [5, 5.41) is 0. The first kappa shape index (κ1) is 17.4. The van der Waals surface area contributed by atoms with Crippen molar-refractivity contribution >= 4 is 8.32 Å². The smallest absolute Gasteiger partial charge is 0.201 e. The molecule has 1 aliphatic carbocycles. The van der Waals surface area contributed by atoms with E-state index in [4.69, 9.17) is 23.7 Å². The molecule has 0 radical (unpaired) electrons. The zero-order valence-electron chi connectivity index (χ0n) is 15.8. The first-order valence-corrected chi connectivity index (χ1v) is 12.9. The summed E-state index contributed by atoms with van der Waals surface area (Å²) >= 11 is 0. The molecule has 1 spiro atoms. The fourth-order valence-corrected chi connectivity index (χ4v) is 6.32. The molecule has 4 aliphatic heterocycles. The predicted molar refractivity (Wildman–Crippen MR) is 91.3 cm³/mol. The zero-order chi connectivity index (χ0) is 17.3. The van der Waals surface area contributed by atoms with E-state index in [0.717, 1.165) is 19.3 Å². The summed E-state index contributed by atoms with van der Waals surface area (Å²) in [5.74, 6) is 0.934. The van der Waals surface area contributed by atoms with Crippen molar-refractivity contribution in [3.8, 4) is 0 Å². The van der Waals surface area contributed by atoms with Crippen LogP contribution in [0.4, 0.5) is 0 Å². The molecule has 5 fully saturated rings. The molecular weight excluding hydrogens is 324 g/mol. The average Bonchev–Trinajstić information content (AvgIpc) is 2.69. The molecule has 5 rings (SSSR count). The summed E-state index contributed by atoms with van der Waals surface area (Å²) in [6.07, 6.45) is 3.67. The van der Waals surface area contributed by atoms with E-state index in [-0.39, 0.29) is 12.2 Å². The fraction of sp³-hybridized carbons (Fsp3) is 1.00. The van der Waals surface area contributed by atoms with Crippen molar-refractivity contribution in [2.75, 3.05) is 0 Å². The van der Waals surface area contributed by atoms with Crippen molar-refractivity contribution < 1.29 is 23.7 Å². The van der Waals surface area contributed by atoms with E-state index in [9.17, 15) is 0 Å². The highest BCUT2D eigenvalue weighted by Gasteiger charge is 2.69. The van der Waals surface area contributed by atoms with E-state index in [2.05, 4.69) is 33.5 Å². The molecule has 5 nitrogen and oxygen atoms in total. The summed E-state index contributed by atoms with van der Waals surface area (Å²) in [6, 6.07) is 0. The Bertz CT molecular complexity index is 508. The van der Waals surface area contributed by atoms with E-state index < -0.39 is 26.0 Å². The van der Waals surface area contributed by atoms with Gasteiger partial charge in [0, 0.05) is 18.3 Å². The Morgan fingerprint density at radius 1 is 1.00 bits per heavy atom. The lowest BCUT2D eigenvalue weighted by Crippen LogP contribution is -2.70. The van der Waals surface area contributed by atoms with Gasteiger partial charge in [0.2, 0.25) is 5.79 Å². The molecule has 0 aromatic heterocycles. The lowest BCUT2D eigenvalue weighted by Gasteiger charge is -2.60. The van der Waals surface area contributed by atoms with E-state index in [0.29, 0.717) is 17.8 Å². The Kier molecular flexibility index (Phi) is 4.00. The molecule has 4 unspecified atom stereocenters. The van der Waals surface area contributed by atoms with Gasteiger partial charge in [0.15, 0.2) is 26.5 Å². The molecule has 1 saturated carbocycles. The van der Waals surface area contributed by atoms with E-state index in [1.165, 1.54) is 6.42 Å². The highest BCUT2D eigenvalue weighted by Crippen LogP contribution is 2.60. The van der Waals surface area contributed by atoms with Crippen LogP contribution in [0, 0.1) is 23.7 Å². The maximum Gasteiger partial charge on any atom is 0.201 e. The molecule has 8 atom stereocenters. The standard InChI is InChI=1S/C18H32O5Si/c1-11-7-8-14-12(2)15(21-24(4,5)6)19-16-18(14)13(11)9-10-17(3,20-16)22-23-18/h11-16H,7-10H2,1-6H3/t11?,12-,13?,14?,15+,16?,17-,18-/m1/s1. The van der Waals surface area contributed by atoms with Crippen molar-refractivity contribution in [1.29, 1.82) is 0 Å². The van der Waals surface area contributed by atoms with Crippen LogP contribution in [0.1, 0.15) is 46.5 Å². The van der Waals surface area contributed by atoms with Crippen LogP contribution < -0.4 is 0 Å². The summed E-state index contributed by atoms with van der Waals surface area (Å²) in [6.45, 7) is 13.2. The Morgan fingerprint density at radius 2 is 1.75 bits per heavy atom. The van der Waals surface area contributed by atoms with E-state index in [1.54, 1.807) is 0 Å². The fourth-order valence-electron chi connectivity index (χ4n) is 5.36. The van der Waals surface area contributed by atoms with Crippen LogP contribution in [-0.2, 0) is 23.7 Å². The molecule has 2 bridgehead atoms. The van der Waals surface area contributed by atoms with Crippen molar-refractivity contribution in [1.82, 2.24) is 0 Å². The molecule has 0 N–H and O–H groups in total. The Morgan fingerprint density at radius 3 is 2.46 bits per heavy atom. The van der Waals surface area contributed by atoms with Gasteiger partial charge in [-0.15, -0.1) is 0 Å². The predicted octanol–water partition coefficient (Wildman–Crippen LogP) is 4.05. The van der Waals surface area contributed by atoms with Crippen LogP contribution in [0.15, 0.2) is 0 Å². The topological polar surface area (TPSA) is 46.2 Å². The van der Waals surface area contributed by atoms with Crippen LogP contribution in [0.2, 0.25) is 19.6 Å². The molecule has 0 aromatic rings. The summed E-state index contributed by atoms with van der Waals surface area (Å²) in [4.78, 5) is 12.0. The SMILES string of the molecule is CC1CCC2[C@@H](C)[C@H](O[Si](C)(C)C)OC3O[C@@]4(C)CCC1[C@]32OO4. The number of rotatable bonds is 2. The van der Waals surface area contributed by atoms with Gasteiger partial charge in [0.25, 0.3) is 0 Å². The van der Waals surface area contributed by atoms with Gasteiger partial charge in [0.1, 0.15) is 0 Å². The molecular formula is C18H32O5Si. The van der Waals surface area contributed by atoms with Crippen LogP contribution in [0.5, 0.6) is 0 Å². The molecule has 24 heavy (non-hydrogen) atoms. The van der Waals surface area contributed by atoms with Crippen molar-refractivity contribution in [2.45, 2.75) is 90.1 Å². The minimum absolute atomic E-state index is 0.210. The summed E-state index contributed by atoms with van der Waals surface area (Å²) in [7, 11) is -1.71. The van der Waals surface area contributed by atoms with Crippen LogP contribution >= 0.6 is 0 Å². The van der Waals surface area contributed by atoms with E-state index >= 15 is 0 Å². The molecule has 4 saturated heterocycles. The lowest BCUT2D eigenvalue weighted by molar-refractivity contribution is -0.576. The molecule has 0 amide bonds. The van der Waals surface area contributed by atoms with Crippen molar-refractivity contribution in [3.05, 3.63) is 0 Å². The second-order valence-electron chi connectivity index (χ2n) is 9.50. The highest BCUT2D eigenvalue weighted by molar-refractivity contribution is 6.69. The number of hydrogen-bond donors (Lipinski definition) is 0. The summed E-state index contributed by atoms with van der Waals surface area (Å²) < 4.78 is 19.1. The van der Waals surface area contributed by atoms with Gasteiger partial charge in [-0.25, -0.2) is 9.78 Å². The van der Waals surface area contributed by atoms with Gasteiger partial charge in [-0.2, -0.15) is 0 Å². The van der Waals surface area contributed by atoms with Gasteiger partial charge in [-0.3, -0.25) is 0 Å². The van der Waals surface area contributed by atoms with Crippen molar-refractivity contribution in [3.63, 3.8) is 0 Å². The second-order valence-corrected chi connectivity index (χ2v) is 14.0. The highest BCUT2D eigenvalue weighted by atomic mass is 28.4. The summed E-state index contributed by atoms with van der Waals surface area (Å²) in [5.41, 5.74) is -0.480. The van der Waals surface area contributed by atoms with Gasteiger partial charge in [-0.1, -0.05) is 13.8 Å². The molecule has 5 aliphatic rings. The Hall–Kier alpha value is 0.0169. The van der Waals surface area contributed by atoms with Gasteiger partial charge in [0.05, 0.1) is 0 Å². The third kappa shape index (κ3) is 2.53. The van der Waals surface area contributed by atoms with Gasteiger partial charge in [-0.05, 0) is 57.7 Å². The third-order valence-corrected chi connectivity index (χ3v) is 7.51. The molecule has 6 heteroatoms. The number of fused-ring (bicyclic) bond motifs is 2. The van der Waals surface area contributed by atoms with Gasteiger partial charge < -0.3 is 13.9 Å². The quantitative estimate of drug-likeness (QED) is 0.552. The van der Waals surface area contributed by atoms with Gasteiger partial charge >= 0.3 is 0 Å². The molecule has 0 aromatic carbocycles. The second kappa shape index (κ2) is 5.51. The number of ether oxygens (including phenoxy) is 2. The lowest BCUT2D eigenvalue weighted by atomic mass is 9.58. The zero-order valence-corrected chi connectivity index (χ0v) is 16.8. The monoisotopic (exact) mass is 356 g/mol. The first-order chi connectivity index (χ1) is 11.1. The van der Waals surface area contributed by atoms with Crippen molar-refractivity contribution in [2.24, 2.45) is 23.7 Å². The minimum atomic E-state index is -1.71. The Balaban J connectivity index is 1.72. The van der Waals surface area contributed by atoms with Crippen LogP contribution in [0.25, 0.3) is 0 Å². The maximum absolute atomic E-state index is 6.42. The molecule has 4 heterocycles. The Labute approximate surface area is 146 Å². The maximum atomic E-state index is 6.42. The first-order valence-electron chi connectivity index (χ1n) is 9.52. The molecule has 138 valence electrons. The van der Waals surface area contributed by atoms with Crippen LogP contribution in [-0.4, -0.2) is 32.3 Å². The third-order valence-electron chi connectivity index (χ3n) is 6.57. The average molecular weight is 357 g/mol. The number of hydrogen-bond acceptors (Lipinski definition) is 5. The largest absolute Gasteiger partial charge is 0.393 e. The minimum Gasteiger partial charge on any atom is -0.393 e. The normalized spacial score (nSPS) is 54.2.